The highest BCUT2D eigenvalue weighted by Gasteiger charge is 2.22. The Hall–Kier alpha value is -2.34. The number of carbonyl (C=O) groups is 2. The first-order valence-electron chi connectivity index (χ1n) is 8.04. The Morgan fingerprint density at radius 3 is 2.62 bits per heavy atom. The maximum Gasteiger partial charge on any atom is 0.240 e. The van der Waals surface area contributed by atoms with Crippen molar-refractivity contribution < 1.29 is 9.59 Å². The minimum atomic E-state index is -0.684. The molecule has 1 aromatic heterocycles. The first kappa shape index (κ1) is 18.0. The molecule has 0 aliphatic heterocycles. The highest BCUT2D eigenvalue weighted by molar-refractivity contribution is 5.89. The van der Waals surface area contributed by atoms with Gasteiger partial charge in [0.1, 0.15) is 0 Å². The summed E-state index contributed by atoms with van der Waals surface area (Å²) in [6.07, 6.45) is 2.30. The molecule has 1 aromatic carbocycles. The normalized spacial score (nSPS) is 12.9. The second-order valence-corrected chi connectivity index (χ2v) is 7.16. The van der Waals surface area contributed by atoms with Gasteiger partial charge >= 0.3 is 0 Å². The number of hydrogen-bond acceptors (Lipinski definition) is 3. The number of benzene rings is 1. The lowest BCUT2D eigenvalue weighted by Gasteiger charge is -2.25. The Kier molecular flexibility index (Phi) is 5.29. The van der Waals surface area contributed by atoms with E-state index >= 15 is 0 Å². The molecule has 1 heterocycles. The summed E-state index contributed by atoms with van der Waals surface area (Å²) in [5.74, 6) is -0.443. The van der Waals surface area contributed by atoms with Gasteiger partial charge in [0.2, 0.25) is 11.8 Å². The number of carbonyl (C=O) groups excluding carboxylic acids is 2. The summed E-state index contributed by atoms with van der Waals surface area (Å²) < 4.78 is 0. The molecule has 24 heavy (non-hydrogen) atoms. The number of amides is 2. The van der Waals surface area contributed by atoms with Gasteiger partial charge < -0.3 is 20.9 Å². The van der Waals surface area contributed by atoms with E-state index in [0.717, 1.165) is 16.5 Å². The van der Waals surface area contributed by atoms with Gasteiger partial charge in [-0.1, -0.05) is 18.2 Å². The van der Waals surface area contributed by atoms with Gasteiger partial charge in [-0.05, 0) is 38.8 Å². The Morgan fingerprint density at radius 2 is 1.96 bits per heavy atom. The van der Waals surface area contributed by atoms with Crippen LogP contribution in [0.3, 0.4) is 0 Å². The van der Waals surface area contributed by atoms with Gasteiger partial charge in [0, 0.05) is 29.7 Å². The fourth-order valence-corrected chi connectivity index (χ4v) is 2.66. The van der Waals surface area contributed by atoms with Gasteiger partial charge in [0.25, 0.3) is 0 Å². The molecule has 0 fully saturated rings. The number of rotatable bonds is 5. The third kappa shape index (κ3) is 4.58. The summed E-state index contributed by atoms with van der Waals surface area (Å²) in [5, 5.41) is 3.90. The van der Waals surface area contributed by atoms with Crippen molar-refractivity contribution in [1.82, 2.24) is 15.2 Å². The lowest BCUT2D eigenvalue weighted by molar-refractivity contribution is -0.136. The van der Waals surface area contributed by atoms with Gasteiger partial charge in [-0.3, -0.25) is 9.59 Å². The van der Waals surface area contributed by atoms with E-state index in [0.29, 0.717) is 6.42 Å². The Labute approximate surface area is 142 Å². The molecule has 0 saturated carbocycles. The Balaban J connectivity index is 1.97. The first-order valence-corrected chi connectivity index (χ1v) is 8.04. The summed E-state index contributed by atoms with van der Waals surface area (Å²) in [4.78, 5) is 28.9. The number of hydrogen-bond donors (Lipinski definition) is 3. The number of likely N-dealkylation sites (N-methyl/N-ethyl adjacent to an activating group) is 1. The zero-order valence-corrected chi connectivity index (χ0v) is 14.7. The molecular formula is C18H26N4O2. The van der Waals surface area contributed by atoms with Gasteiger partial charge in [0.05, 0.1) is 12.6 Å². The van der Waals surface area contributed by atoms with Crippen molar-refractivity contribution in [2.75, 3.05) is 13.6 Å². The second-order valence-electron chi connectivity index (χ2n) is 7.16. The van der Waals surface area contributed by atoms with Crippen LogP contribution in [0.5, 0.6) is 0 Å². The molecule has 0 saturated heterocycles. The second kappa shape index (κ2) is 7.05. The molecule has 0 radical (unpaired) electrons. The summed E-state index contributed by atoms with van der Waals surface area (Å²) in [7, 11) is 1.60. The molecule has 130 valence electrons. The van der Waals surface area contributed by atoms with Gasteiger partial charge in [0.15, 0.2) is 0 Å². The summed E-state index contributed by atoms with van der Waals surface area (Å²) in [5.41, 5.74) is 7.76. The van der Waals surface area contributed by atoms with Crippen LogP contribution in [0.1, 0.15) is 26.3 Å². The van der Waals surface area contributed by atoms with Crippen LogP contribution >= 0.6 is 0 Å². The molecular weight excluding hydrogens is 304 g/mol. The van der Waals surface area contributed by atoms with Crippen molar-refractivity contribution in [3.8, 4) is 0 Å². The number of nitrogens with one attached hydrogen (secondary N) is 2. The molecule has 2 rings (SSSR count). The smallest absolute Gasteiger partial charge is 0.240 e. The van der Waals surface area contributed by atoms with Gasteiger partial charge in [-0.25, -0.2) is 0 Å². The molecule has 0 unspecified atom stereocenters. The molecule has 6 nitrogen and oxygen atoms in total. The molecule has 0 spiro atoms. The van der Waals surface area contributed by atoms with E-state index in [1.165, 1.54) is 4.90 Å². The molecule has 0 bridgehead atoms. The fourth-order valence-electron chi connectivity index (χ4n) is 2.66. The third-order valence-electron chi connectivity index (χ3n) is 3.70. The van der Waals surface area contributed by atoms with Crippen LogP contribution in [0.25, 0.3) is 10.9 Å². The minimum Gasteiger partial charge on any atom is -0.361 e. The van der Waals surface area contributed by atoms with Gasteiger partial charge in [-0.15, -0.1) is 0 Å². The average molecular weight is 330 g/mol. The van der Waals surface area contributed by atoms with Crippen LogP contribution < -0.4 is 11.1 Å². The zero-order valence-electron chi connectivity index (χ0n) is 14.7. The predicted molar refractivity (Wildman–Crippen MR) is 95.5 cm³/mol. The van der Waals surface area contributed by atoms with E-state index in [1.54, 1.807) is 7.05 Å². The molecule has 2 amide bonds. The quantitative estimate of drug-likeness (QED) is 0.774. The highest BCUT2D eigenvalue weighted by Crippen LogP contribution is 2.19. The van der Waals surface area contributed by atoms with Crippen LogP contribution in [0.4, 0.5) is 0 Å². The number of H-pyrrole nitrogens is 1. The van der Waals surface area contributed by atoms with Crippen LogP contribution in [0, 0.1) is 0 Å². The van der Waals surface area contributed by atoms with E-state index in [-0.39, 0.29) is 23.9 Å². The third-order valence-corrected chi connectivity index (χ3v) is 3.70. The minimum absolute atomic E-state index is 0.00229. The van der Waals surface area contributed by atoms with Crippen molar-refractivity contribution in [1.29, 1.82) is 0 Å². The van der Waals surface area contributed by atoms with E-state index < -0.39 is 6.04 Å². The number of aromatic nitrogens is 1. The molecule has 0 aliphatic carbocycles. The van der Waals surface area contributed by atoms with Crippen molar-refractivity contribution in [3.05, 3.63) is 36.0 Å². The zero-order chi connectivity index (χ0) is 17.9. The summed E-state index contributed by atoms with van der Waals surface area (Å²) in [6, 6.07) is 7.20. The first-order chi connectivity index (χ1) is 11.2. The lowest BCUT2D eigenvalue weighted by Crippen LogP contribution is -2.49. The van der Waals surface area contributed by atoms with Crippen molar-refractivity contribution >= 4 is 22.7 Å². The summed E-state index contributed by atoms with van der Waals surface area (Å²) in [6.45, 7) is 5.69. The lowest BCUT2D eigenvalue weighted by atomic mass is 10.0. The standard InChI is InChI=1S/C18H26N4O2/c1-18(2,3)21-16(23)11-22(4)17(24)14(19)9-12-10-20-15-8-6-5-7-13(12)15/h5-8,10,14,20H,9,11,19H2,1-4H3,(H,21,23)/t14-/m0/s1. The fraction of sp³-hybridized carbons (Fsp3) is 0.444. The molecule has 0 aliphatic rings. The maximum absolute atomic E-state index is 12.4. The van der Waals surface area contributed by atoms with E-state index in [2.05, 4.69) is 10.3 Å². The van der Waals surface area contributed by atoms with Crippen molar-refractivity contribution in [3.63, 3.8) is 0 Å². The topological polar surface area (TPSA) is 91.2 Å². The SMILES string of the molecule is CN(CC(=O)NC(C)(C)C)C(=O)[C@@H](N)Cc1c[nH]c2ccccc12. The van der Waals surface area contributed by atoms with E-state index in [4.69, 9.17) is 5.73 Å². The number of fused-ring (bicyclic) bond motifs is 1. The Bertz CT molecular complexity index is 730. The van der Waals surface area contributed by atoms with E-state index in [9.17, 15) is 9.59 Å². The van der Waals surface area contributed by atoms with Crippen LogP contribution in [-0.2, 0) is 16.0 Å². The van der Waals surface area contributed by atoms with Crippen molar-refractivity contribution in [2.45, 2.75) is 38.8 Å². The van der Waals surface area contributed by atoms with E-state index in [1.807, 2.05) is 51.2 Å². The molecule has 1 atom stereocenters. The number of nitrogens with two attached hydrogens (primary N) is 1. The highest BCUT2D eigenvalue weighted by atomic mass is 16.2. The average Bonchev–Trinajstić information content (AvgIpc) is 2.87. The number of para-hydroxylation sites is 1. The predicted octanol–water partition coefficient (Wildman–Crippen LogP) is 1.41. The summed E-state index contributed by atoms with van der Waals surface area (Å²) >= 11 is 0. The monoisotopic (exact) mass is 330 g/mol. The van der Waals surface area contributed by atoms with Crippen LogP contribution in [0.2, 0.25) is 0 Å². The largest absolute Gasteiger partial charge is 0.361 e. The molecule has 4 N–H and O–H groups in total. The number of aromatic amines is 1. The van der Waals surface area contributed by atoms with Crippen LogP contribution in [0.15, 0.2) is 30.5 Å². The Morgan fingerprint density at radius 1 is 1.29 bits per heavy atom. The van der Waals surface area contributed by atoms with Crippen LogP contribution in [-0.4, -0.2) is 46.9 Å². The van der Waals surface area contributed by atoms with Crippen molar-refractivity contribution in [2.24, 2.45) is 5.73 Å². The number of nitrogens with zero attached hydrogens (tertiary/aromatic N) is 1. The molecule has 2 aromatic rings. The maximum atomic E-state index is 12.4. The molecule has 6 heteroatoms. The van der Waals surface area contributed by atoms with Gasteiger partial charge in [-0.2, -0.15) is 0 Å².